The molecule has 2 rings (SSSR count). The van der Waals surface area contributed by atoms with Gasteiger partial charge in [-0.3, -0.25) is 0 Å². The number of aromatic amines is 1. The summed E-state index contributed by atoms with van der Waals surface area (Å²) in [4.78, 5) is 7.80. The van der Waals surface area contributed by atoms with Gasteiger partial charge in [-0.1, -0.05) is 24.3 Å². The van der Waals surface area contributed by atoms with Gasteiger partial charge in [0.2, 0.25) is 0 Å². The van der Waals surface area contributed by atoms with Gasteiger partial charge >= 0.3 is 0 Å². The molecule has 1 heterocycles. The highest BCUT2D eigenvalue weighted by Crippen LogP contribution is 2.11. The average molecular weight is 186 g/mol. The Kier molecular flexibility index (Phi) is 2.63. The number of allylic oxidation sites excluding steroid dienone is 2. The third-order valence-electron chi connectivity index (χ3n) is 2.22. The molecule has 14 heavy (non-hydrogen) atoms. The van der Waals surface area contributed by atoms with E-state index < -0.39 is 0 Å². The summed E-state index contributed by atoms with van der Waals surface area (Å²) in [6, 6.07) is 8.13. The molecule has 0 saturated heterocycles. The minimum atomic E-state index is 0.985. The van der Waals surface area contributed by atoms with Crippen molar-refractivity contribution in [1.29, 1.82) is 0 Å². The summed E-state index contributed by atoms with van der Waals surface area (Å²) < 4.78 is 0. The predicted molar refractivity (Wildman–Crippen MR) is 59.2 cm³/mol. The van der Waals surface area contributed by atoms with Crippen molar-refractivity contribution in [1.82, 2.24) is 9.97 Å². The Morgan fingerprint density at radius 3 is 3.00 bits per heavy atom. The van der Waals surface area contributed by atoms with Crippen molar-refractivity contribution in [2.75, 3.05) is 0 Å². The van der Waals surface area contributed by atoms with Gasteiger partial charge < -0.3 is 4.98 Å². The van der Waals surface area contributed by atoms with Gasteiger partial charge in [-0.05, 0) is 25.5 Å². The lowest BCUT2D eigenvalue weighted by molar-refractivity contribution is 0.915. The van der Waals surface area contributed by atoms with Crippen molar-refractivity contribution in [3.05, 3.63) is 42.2 Å². The van der Waals surface area contributed by atoms with E-state index in [1.165, 1.54) is 0 Å². The molecule has 0 aliphatic rings. The normalized spacial score (nSPS) is 11.5. The maximum atomic E-state index is 4.50. The summed E-state index contributed by atoms with van der Waals surface area (Å²) >= 11 is 0. The lowest BCUT2D eigenvalue weighted by atomic mass is 10.3. The summed E-state index contributed by atoms with van der Waals surface area (Å²) in [5.74, 6) is 1.07. The number of rotatable bonds is 3. The van der Waals surface area contributed by atoms with Crippen LogP contribution in [0.4, 0.5) is 0 Å². The second-order valence-electron chi connectivity index (χ2n) is 3.31. The molecule has 1 aromatic heterocycles. The maximum Gasteiger partial charge on any atom is 0.107 e. The molecule has 0 unspecified atom stereocenters. The van der Waals surface area contributed by atoms with E-state index >= 15 is 0 Å². The van der Waals surface area contributed by atoms with E-state index in [-0.39, 0.29) is 0 Å². The van der Waals surface area contributed by atoms with Gasteiger partial charge in [0.15, 0.2) is 0 Å². The fraction of sp³-hybridized carbons (Fsp3) is 0.250. The number of aryl methyl sites for hydroxylation is 1. The zero-order chi connectivity index (χ0) is 9.80. The van der Waals surface area contributed by atoms with Crippen LogP contribution in [0.1, 0.15) is 19.2 Å². The molecule has 1 N–H and O–H groups in total. The Morgan fingerprint density at radius 2 is 2.21 bits per heavy atom. The molecule has 0 spiro atoms. The standard InChI is InChI=1S/C12H14N2/c1-2-3-4-9-12-13-10-7-5-6-8-11(10)14-12/h2-3,5-8H,4,9H2,1H3,(H,13,14)/b3-2-. The Hall–Kier alpha value is -1.57. The summed E-state index contributed by atoms with van der Waals surface area (Å²) in [5.41, 5.74) is 2.19. The Balaban J connectivity index is 2.18. The highest BCUT2D eigenvalue weighted by atomic mass is 14.9. The topological polar surface area (TPSA) is 28.7 Å². The molecule has 0 aliphatic carbocycles. The number of nitrogens with zero attached hydrogens (tertiary/aromatic N) is 1. The van der Waals surface area contributed by atoms with Gasteiger partial charge in [0.05, 0.1) is 11.0 Å². The summed E-state index contributed by atoms with van der Waals surface area (Å²) in [6.07, 6.45) is 6.27. The molecule has 2 nitrogen and oxygen atoms in total. The molecule has 0 bridgehead atoms. The quantitative estimate of drug-likeness (QED) is 0.733. The van der Waals surface area contributed by atoms with Crippen molar-refractivity contribution < 1.29 is 0 Å². The molecular weight excluding hydrogens is 172 g/mol. The highest BCUT2D eigenvalue weighted by molar-refractivity contribution is 5.74. The number of fused-ring (bicyclic) bond motifs is 1. The summed E-state index contributed by atoms with van der Waals surface area (Å²) in [5, 5.41) is 0. The van der Waals surface area contributed by atoms with Gasteiger partial charge in [-0.2, -0.15) is 0 Å². The molecular formula is C12H14N2. The molecule has 0 radical (unpaired) electrons. The highest BCUT2D eigenvalue weighted by Gasteiger charge is 1.99. The predicted octanol–water partition coefficient (Wildman–Crippen LogP) is 3.07. The van der Waals surface area contributed by atoms with E-state index in [0.29, 0.717) is 0 Å². The number of aromatic nitrogens is 2. The lowest BCUT2D eigenvalue weighted by Crippen LogP contribution is -1.85. The fourth-order valence-corrected chi connectivity index (χ4v) is 1.51. The fourth-order valence-electron chi connectivity index (χ4n) is 1.51. The largest absolute Gasteiger partial charge is 0.342 e. The van der Waals surface area contributed by atoms with Crippen LogP contribution in [-0.4, -0.2) is 9.97 Å². The molecule has 0 atom stereocenters. The van der Waals surface area contributed by atoms with Crippen molar-refractivity contribution in [3.63, 3.8) is 0 Å². The van der Waals surface area contributed by atoms with Gasteiger partial charge in [0.25, 0.3) is 0 Å². The Bertz CT molecular complexity index is 407. The van der Waals surface area contributed by atoms with E-state index in [2.05, 4.69) is 28.2 Å². The van der Waals surface area contributed by atoms with E-state index in [0.717, 1.165) is 29.7 Å². The van der Waals surface area contributed by atoms with E-state index in [4.69, 9.17) is 0 Å². The number of imidazole rings is 1. The van der Waals surface area contributed by atoms with Crippen LogP contribution in [0.5, 0.6) is 0 Å². The third kappa shape index (κ3) is 1.84. The molecule has 2 aromatic rings. The van der Waals surface area contributed by atoms with Crippen LogP contribution in [0.2, 0.25) is 0 Å². The maximum absolute atomic E-state index is 4.50. The Labute approximate surface area is 83.7 Å². The Morgan fingerprint density at radius 1 is 1.36 bits per heavy atom. The zero-order valence-corrected chi connectivity index (χ0v) is 8.33. The molecule has 0 saturated carbocycles. The minimum absolute atomic E-state index is 0.985. The van der Waals surface area contributed by atoms with Crippen LogP contribution >= 0.6 is 0 Å². The van der Waals surface area contributed by atoms with Crippen LogP contribution < -0.4 is 0 Å². The second-order valence-corrected chi connectivity index (χ2v) is 3.31. The van der Waals surface area contributed by atoms with Crippen molar-refractivity contribution in [2.45, 2.75) is 19.8 Å². The van der Waals surface area contributed by atoms with Crippen LogP contribution in [0.25, 0.3) is 11.0 Å². The number of para-hydroxylation sites is 2. The molecule has 2 heteroatoms. The smallest absolute Gasteiger partial charge is 0.107 e. The minimum Gasteiger partial charge on any atom is -0.342 e. The first-order valence-corrected chi connectivity index (χ1v) is 4.95. The first-order chi connectivity index (χ1) is 6.90. The van der Waals surface area contributed by atoms with E-state index in [1.54, 1.807) is 0 Å². The number of hydrogen-bond acceptors (Lipinski definition) is 1. The van der Waals surface area contributed by atoms with Gasteiger partial charge in [0.1, 0.15) is 5.82 Å². The van der Waals surface area contributed by atoms with Crippen LogP contribution in [0.3, 0.4) is 0 Å². The third-order valence-corrected chi connectivity index (χ3v) is 2.22. The lowest BCUT2D eigenvalue weighted by Gasteiger charge is -1.89. The molecule has 0 fully saturated rings. The number of benzene rings is 1. The number of nitrogens with one attached hydrogen (secondary N) is 1. The van der Waals surface area contributed by atoms with Crippen molar-refractivity contribution in [3.8, 4) is 0 Å². The van der Waals surface area contributed by atoms with Crippen LogP contribution in [0.15, 0.2) is 36.4 Å². The molecule has 1 aromatic carbocycles. The van der Waals surface area contributed by atoms with E-state index in [1.807, 2.05) is 25.1 Å². The van der Waals surface area contributed by atoms with Gasteiger partial charge in [-0.25, -0.2) is 4.98 Å². The molecule has 0 aliphatic heterocycles. The second kappa shape index (κ2) is 4.09. The summed E-state index contributed by atoms with van der Waals surface area (Å²) in [6.45, 7) is 2.04. The van der Waals surface area contributed by atoms with Crippen molar-refractivity contribution in [2.24, 2.45) is 0 Å². The van der Waals surface area contributed by atoms with E-state index in [9.17, 15) is 0 Å². The average Bonchev–Trinajstić information content (AvgIpc) is 2.60. The number of H-pyrrole nitrogens is 1. The molecule has 72 valence electrons. The monoisotopic (exact) mass is 186 g/mol. The first-order valence-electron chi connectivity index (χ1n) is 4.95. The van der Waals surface area contributed by atoms with Crippen LogP contribution in [-0.2, 0) is 6.42 Å². The number of hydrogen-bond donors (Lipinski definition) is 1. The first kappa shape index (κ1) is 9.00. The summed E-state index contributed by atoms with van der Waals surface area (Å²) in [7, 11) is 0. The zero-order valence-electron chi connectivity index (χ0n) is 8.33. The van der Waals surface area contributed by atoms with Crippen LogP contribution in [0, 0.1) is 0 Å². The SMILES string of the molecule is C/C=C\CCc1nc2ccccc2[nH]1. The van der Waals surface area contributed by atoms with Crippen molar-refractivity contribution >= 4 is 11.0 Å². The van der Waals surface area contributed by atoms with Gasteiger partial charge in [0, 0.05) is 6.42 Å². The molecule has 0 amide bonds. The van der Waals surface area contributed by atoms with Gasteiger partial charge in [-0.15, -0.1) is 0 Å².